The summed E-state index contributed by atoms with van der Waals surface area (Å²) in [6, 6.07) is 22.7. The first-order valence-corrected chi connectivity index (χ1v) is 15.2. The molecule has 0 saturated carbocycles. The standard InChI is InChI=1S/C35H36N6O4/c42-32-14-15-33(43)40-31(18-24-20-37-29-13-7-5-11-27(24)29)35(45)41-30(16-22-8-2-1-3-9-22)34(44)39-25(21-38-32)17-23-19-36-28-12-6-4-10-26(23)28/h1-13,19-20,25,30-31,36-37H,14-18,21H2,(H,38,42)(H,39,44)(H,40,43)(H,41,45)/t25-,30+,31+/m1/s1. The maximum absolute atomic E-state index is 13.9. The Morgan fingerprint density at radius 2 is 1.11 bits per heavy atom. The predicted octanol–water partition coefficient (Wildman–Crippen LogP) is 3.04. The Kier molecular flexibility index (Phi) is 8.91. The van der Waals surface area contributed by atoms with Crippen molar-refractivity contribution in [3.63, 3.8) is 0 Å². The summed E-state index contributed by atoms with van der Waals surface area (Å²) in [5, 5.41) is 13.7. The molecule has 1 aliphatic heterocycles. The Hall–Kier alpha value is -5.38. The SMILES string of the molecule is O=C1CCC(=O)N[C@@H](Cc2c[nH]c3ccccc23)C(=O)N[C@@H](Cc2ccccc2)C(=O)N[C@H](Cc2c[nH]c3ccccc23)CN1. The molecule has 6 rings (SSSR count). The van der Waals surface area contributed by atoms with Gasteiger partial charge >= 0.3 is 0 Å². The molecule has 1 saturated heterocycles. The number of hydrogen-bond donors (Lipinski definition) is 6. The van der Waals surface area contributed by atoms with Gasteiger partial charge in [-0.2, -0.15) is 0 Å². The Morgan fingerprint density at radius 1 is 0.556 bits per heavy atom. The van der Waals surface area contributed by atoms with Crippen molar-refractivity contribution in [2.75, 3.05) is 6.54 Å². The highest BCUT2D eigenvalue weighted by Gasteiger charge is 2.30. The van der Waals surface area contributed by atoms with Crippen molar-refractivity contribution in [2.24, 2.45) is 0 Å². The van der Waals surface area contributed by atoms with Crippen molar-refractivity contribution in [3.05, 3.63) is 108 Å². The van der Waals surface area contributed by atoms with Gasteiger partial charge in [0.05, 0.1) is 6.04 Å². The third-order valence-electron chi connectivity index (χ3n) is 8.28. The van der Waals surface area contributed by atoms with Crippen LogP contribution in [0.3, 0.4) is 0 Å². The first-order valence-electron chi connectivity index (χ1n) is 15.2. The molecule has 3 heterocycles. The third kappa shape index (κ3) is 7.23. The lowest BCUT2D eigenvalue weighted by molar-refractivity contribution is -0.133. The van der Waals surface area contributed by atoms with Crippen LogP contribution in [0.2, 0.25) is 0 Å². The number of para-hydroxylation sites is 2. The van der Waals surface area contributed by atoms with Crippen LogP contribution in [0.1, 0.15) is 29.5 Å². The van der Waals surface area contributed by atoms with E-state index in [1.165, 1.54) is 0 Å². The molecule has 1 aliphatic rings. The molecule has 45 heavy (non-hydrogen) atoms. The average Bonchev–Trinajstić information content (AvgIpc) is 3.66. The molecule has 5 aromatic rings. The molecule has 1 fully saturated rings. The maximum atomic E-state index is 13.9. The minimum Gasteiger partial charge on any atom is -0.361 e. The number of nitrogens with one attached hydrogen (secondary N) is 6. The summed E-state index contributed by atoms with van der Waals surface area (Å²) >= 11 is 0. The summed E-state index contributed by atoms with van der Waals surface area (Å²) in [5.74, 6) is -1.57. The highest BCUT2D eigenvalue weighted by atomic mass is 16.2. The fraction of sp³-hybridized carbons (Fsp3) is 0.257. The van der Waals surface area contributed by atoms with Crippen molar-refractivity contribution < 1.29 is 19.2 Å². The normalized spacial score (nSPS) is 20.2. The Balaban J connectivity index is 1.29. The van der Waals surface area contributed by atoms with E-state index in [-0.39, 0.29) is 44.0 Å². The summed E-state index contributed by atoms with van der Waals surface area (Å²) in [6.07, 6.45) is 4.52. The molecule has 2 aromatic heterocycles. The molecule has 4 amide bonds. The van der Waals surface area contributed by atoms with Gasteiger partial charge in [0, 0.05) is 66.4 Å². The summed E-state index contributed by atoms with van der Waals surface area (Å²) in [4.78, 5) is 60.1. The summed E-state index contributed by atoms with van der Waals surface area (Å²) in [6.45, 7) is 0.168. The molecular formula is C35H36N6O4. The van der Waals surface area contributed by atoms with Crippen LogP contribution in [0.5, 0.6) is 0 Å². The lowest BCUT2D eigenvalue weighted by atomic mass is 10.0. The molecule has 0 bridgehead atoms. The van der Waals surface area contributed by atoms with Gasteiger partial charge in [-0.1, -0.05) is 66.7 Å². The van der Waals surface area contributed by atoms with Crippen LogP contribution in [0.25, 0.3) is 21.8 Å². The van der Waals surface area contributed by atoms with Crippen LogP contribution < -0.4 is 21.3 Å². The number of rotatable bonds is 6. The third-order valence-corrected chi connectivity index (χ3v) is 8.28. The molecule has 0 unspecified atom stereocenters. The summed E-state index contributed by atoms with van der Waals surface area (Å²) < 4.78 is 0. The fourth-order valence-corrected chi connectivity index (χ4v) is 5.92. The number of fused-ring (bicyclic) bond motifs is 2. The van der Waals surface area contributed by atoms with Crippen LogP contribution in [0.4, 0.5) is 0 Å². The van der Waals surface area contributed by atoms with Crippen LogP contribution in [0, 0.1) is 0 Å². The number of benzene rings is 3. The fourth-order valence-electron chi connectivity index (χ4n) is 5.92. The molecule has 0 aliphatic carbocycles. The second-order valence-corrected chi connectivity index (χ2v) is 11.5. The number of aromatic amines is 2. The van der Waals surface area contributed by atoms with Crippen LogP contribution in [-0.2, 0) is 38.4 Å². The van der Waals surface area contributed by atoms with Gasteiger partial charge in [-0.3, -0.25) is 19.2 Å². The number of carbonyl (C=O) groups excluding carboxylic acids is 4. The number of H-pyrrole nitrogens is 2. The van der Waals surface area contributed by atoms with Crippen LogP contribution in [0.15, 0.2) is 91.3 Å². The zero-order chi connectivity index (χ0) is 31.2. The van der Waals surface area contributed by atoms with Gasteiger partial charge < -0.3 is 31.2 Å². The van der Waals surface area contributed by atoms with Gasteiger partial charge in [0.25, 0.3) is 0 Å². The van der Waals surface area contributed by atoms with E-state index in [1.807, 2.05) is 91.3 Å². The first-order chi connectivity index (χ1) is 21.9. The van der Waals surface area contributed by atoms with E-state index in [0.717, 1.165) is 38.5 Å². The predicted molar refractivity (Wildman–Crippen MR) is 172 cm³/mol. The van der Waals surface area contributed by atoms with Crippen molar-refractivity contribution in [3.8, 4) is 0 Å². The van der Waals surface area contributed by atoms with E-state index in [0.29, 0.717) is 6.42 Å². The smallest absolute Gasteiger partial charge is 0.243 e. The largest absolute Gasteiger partial charge is 0.361 e. The molecule has 3 atom stereocenters. The van der Waals surface area contributed by atoms with E-state index in [9.17, 15) is 19.2 Å². The topological polar surface area (TPSA) is 148 Å². The Labute approximate surface area is 260 Å². The molecule has 3 aromatic carbocycles. The van der Waals surface area contributed by atoms with Crippen molar-refractivity contribution in [1.29, 1.82) is 0 Å². The zero-order valence-corrected chi connectivity index (χ0v) is 24.8. The van der Waals surface area contributed by atoms with E-state index in [2.05, 4.69) is 31.2 Å². The van der Waals surface area contributed by atoms with E-state index >= 15 is 0 Å². The van der Waals surface area contributed by atoms with E-state index in [4.69, 9.17) is 0 Å². The quantitative estimate of drug-likeness (QED) is 0.177. The number of aromatic nitrogens is 2. The van der Waals surface area contributed by atoms with E-state index < -0.39 is 29.9 Å². The number of amides is 4. The number of hydrogen-bond acceptors (Lipinski definition) is 4. The van der Waals surface area contributed by atoms with E-state index in [1.54, 1.807) is 0 Å². The lowest BCUT2D eigenvalue weighted by Crippen LogP contribution is -2.57. The minimum absolute atomic E-state index is 0.0440. The highest BCUT2D eigenvalue weighted by molar-refractivity contribution is 5.94. The highest BCUT2D eigenvalue weighted by Crippen LogP contribution is 2.21. The maximum Gasteiger partial charge on any atom is 0.243 e. The first kappa shape index (κ1) is 29.7. The minimum atomic E-state index is -0.962. The molecule has 0 radical (unpaired) electrons. The van der Waals surface area contributed by atoms with Gasteiger partial charge in [0.15, 0.2) is 0 Å². The number of carbonyl (C=O) groups is 4. The average molecular weight is 605 g/mol. The lowest BCUT2D eigenvalue weighted by Gasteiger charge is -2.27. The second kappa shape index (κ2) is 13.5. The van der Waals surface area contributed by atoms with Crippen molar-refractivity contribution >= 4 is 45.4 Å². The van der Waals surface area contributed by atoms with Crippen LogP contribution >= 0.6 is 0 Å². The molecule has 10 nitrogen and oxygen atoms in total. The van der Waals surface area contributed by atoms with Gasteiger partial charge in [0.1, 0.15) is 12.1 Å². The van der Waals surface area contributed by atoms with Gasteiger partial charge in [-0.05, 0) is 35.2 Å². The molecule has 230 valence electrons. The summed E-state index contributed by atoms with van der Waals surface area (Å²) in [5.41, 5.74) is 4.61. The molecule has 10 heteroatoms. The molecule has 6 N–H and O–H groups in total. The second-order valence-electron chi connectivity index (χ2n) is 11.5. The van der Waals surface area contributed by atoms with Gasteiger partial charge in [0.2, 0.25) is 23.6 Å². The zero-order valence-electron chi connectivity index (χ0n) is 24.8. The molecule has 0 spiro atoms. The van der Waals surface area contributed by atoms with Crippen molar-refractivity contribution in [1.82, 2.24) is 31.2 Å². The van der Waals surface area contributed by atoms with Crippen molar-refractivity contribution in [2.45, 2.75) is 50.2 Å². The van der Waals surface area contributed by atoms with Gasteiger partial charge in [-0.25, -0.2) is 0 Å². The van der Waals surface area contributed by atoms with Crippen LogP contribution in [-0.4, -0.2) is 58.3 Å². The monoisotopic (exact) mass is 604 g/mol. The Bertz CT molecular complexity index is 1830. The Morgan fingerprint density at radius 3 is 1.80 bits per heavy atom. The van der Waals surface area contributed by atoms with Gasteiger partial charge in [-0.15, -0.1) is 0 Å². The summed E-state index contributed by atoms with van der Waals surface area (Å²) in [7, 11) is 0. The molecular weight excluding hydrogens is 568 g/mol.